The van der Waals surface area contributed by atoms with Gasteiger partial charge in [-0.25, -0.2) is 9.40 Å². The number of thiophene rings is 1. The van der Waals surface area contributed by atoms with Gasteiger partial charge in [-0.15, -0.1) is 21.5 Å². The van der Waals surface area contributed by atoms with E-state index in [-0.39, 0.29) is 36.0 Å². The van der Waals surface area contributed by atoms with Gasteiger partial charge in [0.2, 0.25) is 0 Å². The molecule has 12 heteroatoms. The van der Waals surface area contributed by atoms with E-state index in [1.165, 1.54) is 28.9 Å². The third-order valence-corrected chi connectivity index (χ3v) is 9.44. The van der Waals surface area contributed by atoms with Crippen molar-refractivity contribution in [2.45, 2.75) is 37.1 Å². The molecule has 6 rings (SSSR count). The standard InChI is InChI=1S/C34H31FN6O3S2/c1-44-27-15-11-25(12-16-27)33(43)36-21-31-37-38-34(40(31)18-17-23-6-3-2-4-7-23)46-22-32(42)41-29(24-9-13-26(35)14-10-24)20-28(39-41)30-8-5-19-45-30/h2-16,19,29H,17-18,20-22H2,1H3,(H,36,43)/t29-/m0/s1. The Kier molecular flexibility index (Phi) is 9.85. The number of hydrazone groups is 1. The van der Waals surface area contributed by atoms with Gasteiger partial charge in [0.15, 0.2) is 11.0 Å². The van der Waals surface area contributed by atoms with Crippen LogP contribution in [0.25, 0.3) is 0 Å². The van der Waals surface area contributed by atoms with Gasteiger partial charge in [0.1, 0.15) is 11.6 Å². The van der Waals surface area contributed by atoms with Crippen molar-refractivity contribution in [1.29, 1.82) is 0 Å². The number of amides is 2. The molecule has 5 aromatic rings. The first-order valence-corrected chi connectivity index (χ1v) is 16.5. The van der Waals surface area contributed by atoms with Crippen LogP contribution >= 0.6 is 23.1 Å². The Hall–Kier alpha value is -4.81. The van der Waals surface area contributed by atoms with Crippen molar-refractivity contribution in [2.75, 3.05) is 12.9 Å². The maximum Gasteiger partial charge on any atom is 0.253 e. The number of nitrogens with zero attached hydrogens (tertiary/aromatic N) is 5. The number of benzene rings is 3. The summed E-state index contributed by atoms with van der Waals surface area (Å²) in [6.45, 7) is 0.721. The number of nitrogens with one attached hydrogen (secondary N) is 1. The van der Waals surface area contributed by atoms with Crippen LogP contribution in [0.5, 0.6) is 5.75 Å². The Morgan fingerprint density at radius 3 is 2.50 bits per heavy atom. The van der Waals surface area contributed by atoms with Crippen LogP contribution in [0, 0.1) is 5.82 Å². The second-order valence-corrected chi connectivity index (χ2v) is 12.4. The van der Waals surface area contributed by atoms with Crippen LogP contribution in [0.15, 0.2) is 107 Å². The van der Waals surface area contributed by atoms with Crippen LogP contribution in [-0.4, -0.2) is 50.2 Å². The lowest BCUT2D eigenvalue weighted by atomic mass is 10.0. The second-order valence-electron chi connectivity index (χ2n) is 10.5. The monoisotopic (exact) mass is 654 g/mol. The first kappa shape index (κ1) is 31.2. The van der Waals surface area contributed by atoms with Crippen LogP contribution in [0.3, 0.4) is 0 Å². The molecule has 0 spiro atoms. The van der Waals surface area contributed by atoms with E-state index < -0.39 is 0 Å². The first-order chi connectivity index (χ1) is 22.5. The van der Waals surface area contributed by atoms with Crippen molar-refractivity contribution in [3.63, 3.8) is 0 Å². The molecule has 1 aliphatic rings. The van der Waals surface area contributed by atoms with Crippen molar-refractivity contribution in [2.24, 2.45) is 5.10 Å². The number of hydrogen-bond acceptors (Lipinski definition) is 8. The highest BCUT2D eigenvalue weighted by molar-refractivity contribution is 7.99. The van der Waals surface area contributed by atoms with Crippen LogP contribution in [0.4, 0.5) is 4.39 Å². The number of methoxy groups -OCH3 is 1. The number of aromatic nitrogens is 3. The molecule has 0 bridgehead atoms. The Labute approximate surface area is 274 Å². The minimum absolute atomic E-state index is 0.0700. The molecule has 9 nitrogen and oxygen atoms in total. The highest BCUT2D eigenvalue weighted by Crippen LogP contribution is 2.35. The molecule has 3 aromatic carbocycles. The lowest BCUT2D eigenvalue weighted by Crippen LogP contribution is -2.28. The summed E-state index contributed by atoms with van der Waals surface area (Å²) in [5.41, 5.74) is 3.28. The average Bonchev–Trinajstić information content (AvgIpc) is 3.86. The zero-order chi connectivity index (χ0) is 31.9. The SMILES string of the molecule is COc1ccc(C(=O)NCc2nnc(SCC(=O)N3N=C(c4cccs4)C[C@H]3c3ccc(F)cc3)n2CCc2ccccc2)cc1. The van der Waals surface area contributed by atoms with Gasteiger partial charge in [0.25, 0.3) is 11.8 Å². The summed E-state index contributed by atoms with van der Waals surface area (Å²) >= 11 is 2.84. The fourth-order valence-electron chi connectivity index (χ4n) is 5.14. The number of carbonyl (C=O) groups excluding carboxylic acids is 2. The number of thioether (sulfide) groups is 1. The molecule has 0 saturated heterocycles. The first-order valence-electron chi connectivity index (χ1n) is 14.7. The number of carbonyl (C=O) groups is 2. The van der Waals surface area contributed by atoms with Crippen LogP contribution in [0.2, 0.25) is 0 Å². The molecule has 0 aliphatic carbocycles. The normalized spacial score (nSPS) is 14.3. The quantitative estimate of drug-likeness (QED) is 0.163. The predicted octanol–water partition coefficient (Wildman–Crippen LogP) is 6.13. The van der Waals surface area contributed by atoms with Gasteiger partial charge in [-0.05, 0) is 65.4 Å². The minimum atomic E-state index is -0.342. The van der Waals surface area contributed by atoms with Gasteiger partial charge in [0.05, 0.1) is 36.0 Å². The van der Waals surface area contributed by atoms with Gasteiger partial charge in [0, 0.05) is 18.5 Å². The van der Waals surface area contributed by atoms with Crippen LogP contribution < -0.4 is 10.1 Å². The van der Waals surface area contributed by atoms with E-state index in [0.29, 0.717) is 41.7 Å². The molecule has 0 saturated carbocycles. The van der Waals surface area contributed by atoms with Crippen molar-refractivity contribution in [3.8, 4) is 5.75 Å². The van der Waals surface area contributed by atoms with E-state index in [9.17, 15) is 14.0 Å². The zero-order valence-corrected chi connectivity index (χ0v) is 26.6. The highest BCUT2D eigenvalue weighted by Gasteiger charge is 2.33. The molecule has 2 aromatic heterocycles. The zero-order valence-electron chi connectivity index (χ0n) is 25.0. The molecule has 46 heavy (non-hydrogen) atoms. The number of rotatable bonds is 12. The largest absolute Gasteiger partial charge is 0.497 e. The van der Waals surface area contributed by atoms with Crippen LogP contribution in [-0.2, 0) is 24.3 Å². The van der Waals surface area contributed by atoms with Gasteiger partial charge in [-0.3, -0.25) is 9.59 Å². The van der Waals surface area contributed by atoms with E-state index in [1.54, 1.807) is 54.8 Å². The van der Waals surface area contributed by atoms with Crippen molar-refractivity contribution >= 4 is 40.6 Å². The summed E-state index contributed by atoms with van der Waals surface area (Å²) in [5.74, 6) is 0.541. The summed E-state index contributed by atoms with van der Waals surface area (Å²) in [6, 6.07) is 26.7. The summed E-state index contributed by atoms with van der Waals surface area (Å²) in [4.78, 5) is 27.6. The van der Waals surface area contributed by atoms with Gasteiger partial charge >= 0.3 is 0 Å². The van der Waals surface area contributed by atoms with Crippen molar-refractivity contribution in [3.05, 3.63) is 130 Å². The third kappa shape index (κ3) is 7.35. The van der Waals surface area contributed by atoms with Crippen LogP contribution in [0.1, 0.15) is 44.6 Å². The third-order valence-electron chi connectivity index (χ3n) is 7.57. The fourth-order valence-corrected chi connectivity index (χ4v) is 6.70. The summed E-state index contributed by atoms with van der Waals surface area (Å²) < 4.78 is 20.8. The average molecular weight is 655 g/mol. The Bertz CT molecular complexity index is 1810. The molecule has 0 fully saturated rings. The van der Waals surface area contributed by atoms with Crippen molar-refractivity contribution < 1.29 is 18.7 Å². The molecule has 3 heterocycles. The topological polar surface area (TPSA) is 102 Å². The molecule has 2 amide bonds. The number of aryl methyl sites for hydroxylation is 1. The molecule has 234 valence electrons. The highest BCUT2D eigenvalue weighted by atomic mass is 32.2. The number of hydrogen-bond donors (Lipinski definition) is 1. The lowest BCUT2D eigenvalue weighted by Gasteiger charge is -2.22. The van der Waals surface area contributed by atoms with Gasteiger partial charge < -0.3 is 14.6 Å². The molecule has 1 N–H and O–H groups in total. The van der Waals surface area contributed by atoms with E-state index in [2.05, 4.69) is 27.6 Å². The van der Waals surface area contributed by atoms with E-state index in [4.69, 9.17) is 9.84 Å². The molecule has 1 atom stereocenters. The van der Waals surface area contributed by atoms with E-state index in [1.807, 2.05) is 40.3 Å². The second kappa shape index (κ2) is 14.5. The molecular weight excluding hydrogens is 624 g/mol. The molecule has 0 unspecified atom stereocenters. The van der Waals surface area contributed by atoms with Gasteiger partial charge in [-0.1, -0.05) is 60.3 Å². The number of halogens is 1. The van der Waals surface area contributed by atoms with Gasteiger partial charge in [-0.2, -0.15) is 5.10 Å². The van der Waals surface area contributed by atoms with E-state index >= 15 is 0 Å². The summed E-state index contributed by atoms with van der Waals surface area (Å²) in [7, 11) is 1.57. The predicted molar refractivity (Wildman–Crippen MR) is 177 cm³/mol. The molecule has 0 radical (unpaired) electrons. The lowest BCUT2D eigenvalue weighted by molar-refractivity contribution is -0.130. The summed E-state index contributed by atoms with van der Waals surface area (Å²) in [6.07, 6.45) is 1.25. The Morgan fingerprint density at radius 2 is 1.78 bits per heavy atom. The molecule has 1 aliphatic heterocycles. The fraction of sp³-hybridized carbons (Fsp3) is 0.206. The minimum Gasteiger partial charge on any atom is -0.497 e. The maximum absolute atomic E-state index is 13.7. The maximum atomic E-state index is 13.7. The Balaban J connectivity index is 1.19. The smallest absolute Gasteiger partial charge is 0.253 e. The van der Waals surface area contributed by atoms with Crippen molar-refractivity contribution in [1.82, 2.24) is 25.1 Å². The molecular formula is C34H31FN6O3S2. The number of ether oxygens (including phenoxy) is 1. The van der Waals surface area contributed by atoms with E-state index in [0.717, 1.165) is 21.7 Å². The summed E-state index contributed by atoms with van der Waals surface area (Å²) in [5, 5.41) is 20.5. The Morgan fingerprint density at radius 1 is 1.00 bits per heavy atom.